The maximum atomic E-state index is 15.0. The minimum absolute atomic E-state index is 0.00185. The number of hydrogen-bond donors (Lipinski definition) is 4. The fourth-order valence-corrected chi connectivity index (χ4v) is 22.4. The van der Waals surface area contributed by atoms with Crippen LogP contribution < -0.4 is 25.8 Å². The second-order valence-corrected chi connectivity index (χ2v) is 46.2. The molecule has 10 amide bonds. The van der Waals surface area contributed by atoms with Gasteiger partial charge in [0.15, 0.2) is 11.6 Å². The topological polar surface area (TPSA) is 434 Å². The Bertz CT molecular complexity index is 4860. The van der Waals surface area contributed by atoms with Gasteiger partial charge >= 0.3 is 86.0 Å². The third-order valence-corrected chi connectivity index (χ3v) is 30.1. The largest absolute Gasteiger partial charge is 0.496 e. The molecule has 13 aliphatic rings. The minimum atomic E-state index is -1.08. The number of nitrogens with one attached hydrogen (secondary N) is 2. The van der Waals surface area contributed by atoms with Crippen LogP contribution in [0.5, 0.6) is 11.5 Å². The number of rotatable bonds is 26. The lowest BCUT2D eigenvalue weighted by Crippen LogP contribution is -2.65. The van der Waals surface area contributed by atoms with E-state index in [2.05, 4.69) is 52.2 Å². The zero-order valence-electron chi connectivity index (χ0n) is 86.7. The van der Waals surface area contributed by atoms with Crippen LogP contribution in [-0.4, -0.2) is 306 Å². The van der Waals surface area contributed by atoms with E-state index in [1.165, 1.54) is 24.0 Å². The van der Waals surface area contributed by atoms with Gasteiger partial charge in [0.2, 0.25) is 0 Å². The number of benzene rings is 2. The molecule has 6 saturated carbocycles. The molecule has 6 aliphatic carbocycles. The van der Waals surface area contributed by atoms with Gasteiger partial charge in [-0.15, -0.1) is 0 Å². The van der Waals surface area contributed by atoms with E-state index < -0.39 is 149 Å². The summed E-state index contributed by atoms with van der Waals surface area (Å²) in [6, 6.07) is 5.92. The molecule has 7 saturated heterocycles. The summed E-state index contributed by atoms with van der Waals surface area (Å²) in [5, 5.41) is 14.6. The Hall–Kier alpha value is -9.49. The SMILES string of the molecule is CC(C)(C)OC(=O)N1CCC([C@@H](N)C(=O)O)CC1.CCN1CCN(C(=O)NC(C(=O)C[C@@H](Cc2cccc(C(=O)OC(C)(C)C)c2OC)B2O[C@@H]3C[C@@H]4C[C@@H](C4(C)C)[C@]3(C)O2)C2CCN(C(=O)OC(C)(C)C)CC2)C(=O)C1=O.CCN1CCN(C(=O)NC(C(=O)C[C@@H](Cc2cccc(C(=O)OC(C)(C)C)c2OC)B2O[C@@H]3C[C@@H]4C[C@@H](C4(C)C)[C@]3(C)O2)C2CCN(CC(=O)OC(C)(C)C)CC2)C(=O)C1=O. The van der Waals surface area contributed by atoms with E-state index in [1.54, 1.807) is 110 Å². The first kappa shape index (κ1) is 110. The van der Waals surface area contributed by atoms with Crippen LogP contribution in [0.3, 0.4) is 0 Å². The Morgan fingerprint density at radius 1 is 0.468 bits per heavy atom. The maximum Gasteiger partial charge on any atom is 0.461 e. The van der Waals surface area contributed by atoms with E-state index in [0.29, 0.717) is 112 Å². The summed E-state index contributed by atoms with van der Waals surface area (Å²) in [5.74, 6) is -6.28. The summed E-state index contributed by atoms with van der Waals surface area (Å²) in [6.45, 7) is 47.6. The van der Waals surface area contributed by atoms with Crippen LogP contribution >= 0.6 is 0 Å². The van der Waals surface area contributed by atoms with E-state index in [4.69, 9.17) is 62.6 Å². The number of carboxylic acid groups (broad SMARTS) is 1. The monoisotopic (exact) mass is 1950 g/mol. The second kappa shape index (κ2) is 43.4. The fourth-order valence-electron chi connectivity index (χ4n) is 22.4. The van der Waals surface area contributed by atoms with Crippen molar-refractivity contribution in [3.8, 4) is 11.5 Å². The number of Topliss-reactive ketones (excluding diaryl/α,β-unsaturated/α-hetero) is 2. The standard InChI is InChI=1S/C45H67BN4O11.C44H65BN4O11.C12H22N2O4/c1-12-49-20-21-50(39(54)38(49)53)41(56)47-36(27-16-18-48(19-17-27)26-35(52)58-42(2,3)4)32(51)25-30(46-60-34-24-29-23-33(44(29,8)9)45(34,10)61-46)22-28-14-13-15-31(37(28)57-11)40(55)59-43(5,6)7;1-12-47-20-21-49(37(52)36(47)51)39(54)46-34(26-16-18-48(19-17-26)40(55)58-42(5,6)7)31(50)25-29(45-59-33-24-28-23-32(43(28,8)9)44(33,10)60-45)22-27-14-13-15-30(35(27)56-11)38(53)57-41(2,3)4;1-12(2,3)18-11(17)14-6-4-8(5-7-14)9(13)10(15)16/h13-15,27,29-30,33-34,36H,12,16-26H2,1-11H3,(H,47,56);13-15,26,28-29,32-34H,12,16-25H2,1-11H3,(H,46,54);8-9H,4-7,13H2,1-3H3,(H,15,16)/t29-,30+,33-,34+,36?,45-;28-,29+,32-,33+,34?,44-;9-/m001/s1. The molecule has 36 nitrogen and oxygen atoms in total. The van der Waals surface area contributed by atoms with Crippen molar-refractivity contribution in [1.29, 1.82) is 0 Å². The number of carbonyl (C=O) groups is 14. The summed E-state index contributed by atoms with van der Waals surface area (Å²) >= 11 is 0. The molecule has 7 heterocycles. The molecule has 139 heavy (non-hydrogen) atoms. The average molecular weight is 1950 g/mol. The number of likely N-dealkylation sites (N-methyl/N-ethyl adjacent to an activating group) is 2. The number of piperidine rings is 3. The number of para-hydroxylation sites is 2. The molecule has 2 unspecified atom stereocenters. The molecule has 13 fully saturated rings. The van der Waals surface area contributed by atoms with Gasteiger partial charge in [-0.05, 0) is 297 Å². The quantitative estimate of drug-likeness (QED) is 0.0294. The molecule has 5 N–H and O–H groups in total. The molecule has 4 bridgehead atoms. The lowest BCUT2D eigenvalue weighted by molar-refractivity contribution is -0.199. The van der Waals surface area contributed by atoms with Gasteiger partial charge in [0, 0.05) is 89.9 Å². The van der Waals surface area contributed by atoms with Crippen LogP contribution in [0.15, 0.2) is 36.4 Å². The van der Waals surface area contributed by atoms with E-state index in [1.807, 2.05) is 58.6 Å². The lowest BCUT2D eigenvalue weighted by Gasteiger charge is -2.64. The number of urea groups is 2. The second-order valence-electron chi connectivity index (χ2n) is 46.2. The highest BCUT2D eigenvalue weighted by Gasteiger charge is 2.70. The molecule has 2 aromatic carbocycles. The van der Waals surface area contributed by atoms with Crippen LogP contribution in [0.1, 0.15) is 268 Å². The molecule has 13 atom stereocenters. The van der Waals surface area contributed by atoms with Gasteiger partial charge in [0.05, 0.1) is 56.3 Å². The van der Waals surface area contributed by atoms with Gasteiger partial charge in [-0.3, -0.25) is 53.1 Å². The number of likely N-dealkylation sites (tertiary alicyclic amines) is 3. The van der Waals surface area contributed by atoms with Gasteiger partial charge in [-0.2, -0.15) is 0 Å². The molecular weight excluding hydrogens is 1790 g/mol. The molecule has 0 radical (unpaired) electrons. The third kappa shape index (κ3) is 26.0. The van der Waals surface area contributed by atoms with Crippen molar-refractivity contribution in [1.82, 2.24) is 44.9 Å². The van der Waals surface area contributed by atoms with Crippen LogP contribution in [-0.2, 0) is 93.5 Å². The number of ketones is 2. The lowest BCUT2D eigenvalue weighted by atomic mass is 9.43. The van der Waals surface area contributed by atoms with Gasteiger partial charge in [-0.1, -0.05) is 52.0 Å². The van der Waals surface area contributed by atoms with Crippen LogP contribution in [0.4, 0.5) is 19.2 Å². The fraction of sp³-hybridized carbons (Fsp3) is 0.743. The number of aliphatic carboxylic acids is 1. The molecule has 0 spiro atoms. The number of hydrogen-bond acceptors (Lipinski definition) is 27. The highest BCUT2D eigenvalue weighted by molar-refractivity contribution is 6.48. The normalized spacial score (nSPS) is 25.6. The molecule has 15 rings (SSSR count). The number of nitrogens with zero attached hydrogens (tertiary/aromatic N) is 7. The first-order valence-electron chi connectivity index (χ1n) is 49.8. The maximum absolute atomic E-state index is 15.0. The van der Waals surface area contributed by atoms with E-state index in [9.17, 15) is 57.5 Å². The Morgan fingerprint density at radius 2 is 0.813 bits per heavy atom. The van der Waals surface area contributed by atoms with Gasteiger partial charge in [0.1, 0.15) is 56.7 Å². The number of esters is 3. The molecule has 770 valence electrons. The number of carbonyl (C=O) groups excluding carboxylic acids is 13. The molecule has 7 aliphatic heterocycles. The highest BCUT2D eigenvalue weighted by atomic mass is 16.7. The van der Waals surface area contributed by atoms with Crippen LogP contribution in [0.2, 0.25) is 11.6 Å². The molecule has 2 aromatic rings. The predicted octanol–water partition coefficient (Wildman–Crippen LogP) is 11.8. The Labute approximate surface area is 820 Å². The summed E-state index contributed by atoms with van der Waals surface area (Å²) in [7, 11) is 1.38. The van der Waals surface area contributed by atoms with Crippen molar-refractivity contribution in [3.05, 3.63) is 58.7 Å². The number of methoxy groups -OCH3 is 2. The number of imide groups is 2. The van der Waals surface area contributed by atoms with E-state index in [0.717, 1.165) is 35.5 Å². The Morgan fingerprint density at radius 3 is 1.14 bits per heavy atom. The number of piperazine rings is 2. The van der Waals surface area contributed by atoms with E-state index >= 15 is 9.59 Å². The van der Waals surface area contributed by atoms with Crippen LogP contribution in [0.25, 0.3) is 0 Å². The summed E-state index contributed by atoms with van der Waals surface area (Å²) in [6.07, 6.45) is 5.79. The number of nitrogens with two attached hydrogens (primary N) is 1. The van der Waals surface area contributed by atoms with Crippen molar-refractivity contribution < 1.29 is 124 Å². The number of amides is 10. The first-order chi connectivity index (χ1) is 64.6. The van der Waals surface area contributed by atoms with Crippen molar-refractivity contribution in [2.75, 3.05) is 99.3 Å². The highest BCUT2D eigenvalue weighted by Crippen LogP contribution is 2.68. The van der Waals surface area contributed by atoms with Crippen molar-refractivity contribution in [2.45, 2.75) is 330 Å². The Kier molecular flexibility index (Phi) is 34.3. The number of ether oxygens (including phenoxy) is 7. The van der Waals surface area contributed by atoms with Gasteiger partial charge < -0.3 is 92.8 Å². The average Bonchev–Trinajstić information content (AvgIpc) is 1.60. The zero-order valence-corrected chi connectivity index (χ0v) is 86.7. The third-order valence-electron chi connectivity index (χ3n) is 30.1. The molecule has 0 aromatic heterocycles. The van der Waals surface area contributed by atoms with Crippen molar-refractivity contribution >= 4 is 97.6 Å². The van der Waals surface area contributed by atoms with Crippen molar-refractivity contribution in [2.24, 2.45) is 58.0 Å². The zero-order chi connectivity index (χ0) is 103. The van der Waals surface area contributed by atoms with Crippen LogP contribution in [0, 0.1) is 52.3 Å². The summed E-state index contributed by atoms with van der Waals surface area (Å²) in [5.41, 5.74) is 3.07. The van der Waals surface area contributed by atoms with Gasteiger partial charge in [-0.25, -0.2) is 28.8 Å². The minimum Gasteiger partial charge on any atom is -0.496 e. The smallest absolute Gasteiger partial charge is 0.461 e. The molecular formula is C101H154B2N10O26. The number of carboxylic acids is 1. The Balaban J connectivity index is 0.000000226. The van der Waals surface area contributed by atoms with E-state index in [-0.39, 0.29) is 153 Å². The summed E-state index contributed by atoms with van der Waals surface area (Å²) < 4.78 is 67.2. The predicted molar refractivity (Wildman–Crippen MR) is 515 cm³/mol. The summed E-state index contributed by atoms with van der Waals surface area (Å²) in [4.78, 5) is 195. The van der Waals surface area contributed by atoms with Gasteiger partial charge in [0.25, 0.3) is 0 Å². The van der Waals surface area contributed by atoms with Crippen molar-refractivity contribution in [3.63, 3.8) is 0 Å². The first-order valence-corrected chi connectivity index (χ1v) is 49.8. The molecule has 38 heteroatoms.